The van der Waals surface area contributed by atoms with E-state index in [1.165, 1.54) is 51.4 Å². The minimum Gasteiger partial charge on any atom is -0.266 e. The monoisotopic (exact) mass is 276 g/mol. The quantitative estimate of drug-likeness (QED) is 0.307. The van der Waals surface area contributed by atoms with Crippen LogP contribution >= 0.6 is 0 Å². The standard InChI is InChI=1S/C14H28O3S/c1-3-4-5-6-7-8-9-10-11-12-13-14-17-18(2,15)16/h12-13H,3-11,14H2,1-2H3. The van der Waals surface area contributed by atoms with Crippen LogP contribution in [0.4, 0.5) is 0 Å². The highest BCUT2D eigenvalue weighted by atomic mass is 32.2. The molecule has 3 nitrogen and oxygen atoms in total. The molecule has 0 aromatic carbocycles. The zero-order chi connectivity index (χ0) is 13.7. The second kappa shape index (κ2) is 11.7. The highest BCUT2D eigenvalue weighted by molar-refractivity contribution is 7.85. The van der Waals surface area contributed by atoms with Crippen molar-refractivity contribution in [1.82, 2.24) is 0 Å². The van der Waals surface area contributed by atoms with Crippen molar-refractivity contribution in [2.45, 2.75) is 64.7 Å². The lowest BCUT2D eigenvalue weighted by Crippen LogP contribution is -2.01. The van der Waals surface area contributed by atoms with Gasteiger partial charge in [-0.15, -0.1) is 0 Å². The molecule has 0 fully saturated rings. The van der Waals surface area contributed by atoms with Crippen LogP contribution in [0.2, 0.25) is 0 Å². The predicted octanol–water partition coefficient (Wildman–Crippen LogP) is 4.05. The van der Waals surface area contributed by atoms with Gasteiger partial charge in [0.2, 0.25) is 0 Å². The van der Waals surface area contributed by atoms with E-state index in [2.05, 4.69) is 11.1 Å². The average molecular weight is 276 g/mol. The number of hydrogen-bond donors (Lipinski definition) is 0. The molecule has 0 atom stereocenters. The summed E-state index contributed by atoms with van der Waals surface area (Å²) < 4.78 is 25.9. The first-order valence-corrected chi connectivity index (χ1v) is 8.87. The molecule has 0 heterocycles. The summed E-state index contributed by atoms with van der Waals surface area (Å²) in [6.45, 7) is 2.40. The van der Waals surface area contributed by atoms with Gasteiger partial charge in [0.15, 0.2) is 0 Å². The third-order valence-electron chi connectivity index (χ3n) is 2.77. The fourth-order valence-electron chi connectivity index (χ4n) is 1.74. The second-order valence-corrected chi connectivity index (χ2v) is 6.37. The van der Waals surface area contributed by atoms with E-state index < -0.39 is 10.1 Å². The molecule has 0 aromatic rings. The van der Waals surface area contributed by atoms with Gasteiger partial charge >= 0.3 is 0 Å². The second-order valence-electron chi connectivity index (χ2n) is 4.72. The van der Waals surface area contributed by atoms with Crippen LogP contribution in [0, 0.1) is 0 Å². The Morgan fingerprint density at radius 1 is 0.889 bits per heavy atom. The van der Waals surface area contributed by atoms with Crippen molar-refractivity contribution in [3.63, 3.8) is 0 Å². The van der Waals surface area contributed by atoms with E-state index in [1.807, 2.05) is 6.08 Å². The topological polar surface area (TPSA) is 43.4 Å². The van der Waals surface area contributed by atoms with Crippen LogP contribution in [0.5, 0.6) is 0 Å². The fraction of sp³-hybridized carbons (Fsp3) is 0.857. The molecule has 0 radical (unpaired) electrons. The van der Waals surface area contributed by atoms with Crippen molar-refractivity contribution in [3.05, 3.63) is 12.2 Å². The minimum absolute atomic E-state index is 0.163. The lowest BCUT2D eigenvalue weighted by Gasteiger charge is -2.00. The maximum atomic E-state index is 10.7. The fourth-order valence-corrected chi connectivity index (χ4v) is 2.07. The van der Waals surface area contributed by atoms with Crippen LogP contribution in [0.1, 0.15) is 64.7 Å². The molecule has 0 N–H and O–H groups in total. The maximum Gasteiger partial charge on any atom is 0.264 e. The third-order valence-corrected chi connectivity index (χ3v) is 3.33. The maximum absolute atomic E-state index is 10.7. The Balaban J connectivity index is 3.18. The van der Waals surface area contributed by atoms with Crippen molar-refractivity contribution in [3.8, 4) is 0 Å². The molecule has 0 aliphatic rings. The van der Waals surface area contributed by atoms with Crippen molar-refractivity contribution in [2.24, 2.45) is 0 Å². The number of rotatable bonds is 12. The van der Waals surface area contributed by atoms with Crippen LogP contribution in [-0.4, -0.2) is 21.3 Å². The Hall–Kier alpha value is -0.350. The summed E-state index contributed by atoms with van der Waals surface area (Å²) in [5.74, 6) is 0. The van der Waals surface area contributed by atoms with Gasteiger partial charge in [0, 0.05) is 0 Å². The van der Waals surface area contributed by atoms with E-state index in [4.69, 9.17) is 0 Å². The molecule has 0 spiro atoms. The summed E-state index contributed by atoms with van der Waals surface area (Å²) in [5, 5.41) is 0. The Morgan fingerprint density at radius 2 is 1.44 bits per heavy atom. The highest BCUT2D eigenvalue weighted by Crippen LogP contribution is 2.09. The van der Waals surface area contributed by atoms with Gasteiger partial charge < -0.3 is 0 Å². The minimum atomic E-state index is -3.29. The Bertz CT molecular complexity index is 294. The first-order valence-electron chi connectivity index (χ1n) is 7.05. The average Bonchev–Trinajstić information content (AvgIpc) is 2.29. The summed E-state index contributed by atoms with van der Waals surface area (Å²) in [5.41, 5.74) is 0. The lowest BCUT2D eigenvalue weighted by molar-refractivity contribution is 0.361. The molecule has 108 valence electrons. The smallest absolute Gasteiger partial charge is 0.264 e. The predicted molar refractivity (Wildman–Crippen MR) is 77.2 cm³/mol. The summed E-state index contributed by atoms with van der Waals surface area (Å²) in [6.07, 6.45) is 16.4. The van der Waals surface area contributed by atoms with Crippen molar-refractivity contribution in [1.29, 1.82) is 0 Å². The molecule has 4 heteroatoms. The Labute approximate surface area is 113 Å². The molecule has 0 bridgehead atoms. The molecule has 0 saturated heterocycles. The molecule has 0 aliphatic heterocycles. The molecule has 0 rings (SSSR count). The van der Waals surface area contributed by atoms with E-state index in [9.17, 15) is 8.42 Å². The molecule has 0 aliphatic carbocycles. The zero-order valence-corrected chi connectivity index (χ0v) is 12.7. The number of hydrogen-bond acceptors (Lipinski definition) is 3. The van der Waals surface area contributed by atoms with Gasteiger partial charge in [0.05, 0.1) is 12.9 Å². The number of unbranched alkanes of at least 4 members (excludes halogenated alkanes) is 8. The van der Waals surface area contributed by atoms with Gasteiger partial charge in [-0.05, 0) is 12.8 Å². The first kappa shape index (κ1) is 17.6. The Kier molecular flexibility index (Phi) is 11.5. The molecule has 18 heavy (non-hydrogen) atoms. The SMILES string of the molecule is CCCCCCCCCCC=CCOS(C)(=O)=O. The first-order chi connectivity index (χ1) is 8.56. The highest BCUT2D eigenvalue weighted by Gasteiger charge is 1.97. The van der Waals surface area contributed by atoms with Crippen LogP contribution in [0.15, 0.2) is 12.2 Å². The van der Waals surface area contributed by atoms with Crippen molar-refractivity contribution in [2.75, 3.05) is 12.9 Å². The van der Waals surface area contributed by atoms with Gasteiger partial charge in [0.25, 0.3) is 10.1 Å². The van der Waals surface area contributed by atoms with Crippen LogP contribution in [0.3, 0.4) is 0 Å². The van der Waals surface area contributed by atoms with Gasteiger partial charge in [0.1, 0.15) is 0 Å². The van der Waals surface area contributed by atoms with Crippen LogP contribution in [-0.2, 0) is 14.3 Å². The normalized spacial score (nSPS) is 12.3. The third kappa shape index (κ3) is 15.6. The summed E-state index contributed by atoms with van der Waals surface area (Å²) in [6, 6.07) is 0. The summed E-state index contributed by atoms with van der Waals surface area (Å²) >= 11 is 0. The lowest BCUT2D eigenvalue weighted by atomic mass is 10.1. The summed E-state index contributed by atoms with van der Waals surface area (Å²) in [4.78, 5) is 0. The zero-order valence-electron chi connectivity index (χ0n) is 11.9. The van der Waals surface area contributed by atoms with E-state index in [1.54, 1.807) is 6.08 Å². The van der Waals surface area contributed by atoms with Gasteiger partial charge in [-0.2, -0.15) is 8.42 Å². The molecular weight excluding hydrogens is 248 g/mol. The van der Waals surface area contributed by atoms with E-state index >= 15 is 0 Å². The number of allylic oxidation sites excluding steroid dienone is 1. The van der Waals surface area contributed by atoms with Crippen LogP contribution < -0.4 is 0 Å². The van der Waals surface area contributed by atoms with Gasteiger partial charge in [-0.3, -0.25) is 4.18 Å². The Morgan fingerprint density at radius 3 is 2.00 bits per heavy atom. The molecular formula is C14H28O3S. The van der Waals surface area contributed by atoms with E-state index in [0.29, 0.717) is 0 Å². The van der Waals surface area contributed by atoms with Crippen LogP contribution in [0.25, 0.3) is 0 Å². The molecule has 0 amide bonds. The van der Waals surface area contributed by atoms with Gasteiger partial charge in [-0.25, -0.2) is 0 Å². The largest absolute Gasteiger partial charge is 0.266 e. The van der Waals surface area contributed by atoms with Gasteiger partial charge in [-0.1, -0.05) is 64.0 Å². The van der Waals surface area contributed by atoms with Crippen molar-refractivity contribution < 1.29 is 12.6 Å². The molecule has 0 aromatic heterocycles. The van der Waals surface area contributed by atoms with E-state index in [-0.39, 0.29) is 6.61 Å². The van der Waals surface area contributed by atoms with E-state index in [0.717, 1.165) is 12.7 Å². The molecule has 0 unspecified atom stereocenters. The summed E-state index contributed by atoms with van der Waals surface area (Å²) in [7, 11) is -3.29. The van der Waals surface area contributed by atoms with Crippen molar-refractivity contribution >= 4 is 10.1 Å². The molecule has 0 saturated carbocycles.